The van der Waals surface area contributed by atoms with Crippen LogP contribution in [0.2, 0.25) is 0 Å². The van der Waals surface area contributed by atoms with Crippen LogP contribution in [0.25, 0.3) is 0 Å². The standard InChI is InChI=1S/C11H14IN5/c1-16-6-9(11(12)14-16)4-10-7-17(15-13-10)5-8-2-3-8/h6-8H,2-5H2,1H3. The molecule has 17 heavy (non-hydrogen) atoms. The molecule has 0 amide bonds. The van der Waals surface area contributed by atoms with Gasteiger partial charge >= 0.3 is 0 Å². The molecule has 2 heterocycles. The molecular formula is C11H14IN5. The number of aromatic nitrogens is 5. The quantitative estimate of drug-likeness (QED) is 0.793. The van der Waals surface area contributed by atoms with Crippen molar-refractivity contribution in [2.75, 3.05) is 0 Å². The van der Waals surface area contributed by atoms with E-state index in [1.807, 2.05) is 22.6 Å². The molecule has 2 aromatic heterocycles. The molecule has 1 aliphatic rings. The van der Waals surface area contributed by atoms with E-state index in [-0.39, 0.29) is 0 Å². The van der Waals surface area contributed by atoms with Crippen LogP contribution < -0.4 is 0 Å². The average molecular weight is 343 g/mol. The third-order valence-corrected chi connectivity index (χ3v) is 3.86. The molecule has 90 valence electrons. The molecule has 0 unspecified atom stereocenters. The van der Waals surface area contributed by atoms with Crippen LogP contribution in [0, 0.1) is 9.62 Å². The molecule has 0 spiro atoms. The maximum atomic E-state index is 4.32. The van der Waals surface area contributed by atoms with Gasteiger partial charge in [-0.25, -0.2) is 0 Å². The van der Waals surface area contributed by atoms with Crippen molar-refractivity contribution in [3.63, 3.8) is 0 Å². The van der Waals surface area contributed by atoms with E-state index >= 15 is 0 Å². The predicted molar refractivity (Wildman–Crippen MR) is 71.5 cm³/mol. The maximum Gasteiger partial charge on any atom is 0.126 e. The normalized spacial score (nSPS) is 15.4. The minimum Gasteiger partial charge on any atom is -0.274 e. The Morgan fingerprint density at radius 1 is 1.41 bits per heavy atom. The zero-order valence-electron chi connectivity index (χ0n) is 9.67. The minimum absolute atomic E-state index is 0.816. The number of halogens is 1. The largest absolute Gasteiger partial charge is 0.274 e. The highest BCUT2D eigenvalue weighted by Gasteiger charge is 2.22. The highest BCUT2D eigenvalue weighted by Crippen LogP contribution is 2.30. The van der Waals surface area contributed by atoms with Crippen molar-refractivity contribution in [3.8, 4) is 0 Å². The molecule has 0 atom stereocenters. The Labute approximate surface area is 113 Å². The van der Waals surface area contributed by atoms with Crippen LogP contribution in [0.1, 0.15) is 24.1 Å². The van der Waals surface area contributed by atoms with E-state index in [1.54, 1.807) is 0 Å². The summed E-state index contributed by atoms with van der Waals surface area (Å²) in [5, 5.41) is 12.7. The molecule has 5 nitrogen and oxygen atoms in total. The van der Waals surface area contributed by atoms with Gasteiger partial charge in [0.2, 0.25) is 0 Å². The van der Waals surface area contributed by atoms with Crippen molar-refractivity contribution in [1.82, 2.24) is 24.8 Å². The van der Waals surface area contributed by atoms with E-state index in [2.05, 4.69) is 44.2 Å². The van der Waals surface area contributed by atoms with Gasteiger partial charge in [-0.05, 0) is 41.4 Å². The molecule has 3 rings (SSSR count). The van der Waals surface area contributed by atoms with Gasteiger partial charge in [0, 0.05) is 38.0 Å². The Morgan fingerprint density at radius 3 is 2.88 bits per heavy atom. The Balaban J connectivity index is 1.71. The van der Waals surface area contributed by atoms with Gasteiger partial charge in [-0.3, -0.25) is 9.36 Å². The van der Waals surface area contributed by atoms with Gasteiger partial charge in [0.15, 0.2) is 0 Å². The van der Waals surface area contributed by atoms with Crippen LogP contribution in [-0.4, -0.2) is 24.8 Å². The Morgan fingerprint density at radius 2 is 2.24 bits per heavy atom. The molecule has 0 saturated heterocycles. The average Bonchev–Trinajstić information content (AvgIpc) is 2.88. The van der Waals surface area contributed by atoms with Crippen molar-refractivity contribution in [3.05, 3.63) is 27.4 Å². The Hall–Kier alpha value is -0.920. The third-order valence-electron chi connectivity index (χ3n) is 2.95. The first-order chi connectivity index (χ1) is 8.20. The summed E-state index contributed by atoms with van der Waals surface area (Å²) in [7, 11) is 1.94. The van der Waals surface area contributed by atoms with E-state index in [0.29, 0.717) is 0 Å². The Kier molecular flexibility index (Phi) is 2.89. The summed E-state index contributed by atoms with van der Waals surface area (Å²) in [4.78, 5) is 0. The number of aryl methyl sites for hydroxylation is 1. The zero-order chi connectivity index (χ0) is 11.8. The molecule has 0 aliphatic heterocycles. The molecule has 0 N–H and O–H groups in total. The lowest BCUT2D eigenvalue weighted by molar-refractivity contribution is 0.544. The van der Waals surface area contributed by atoms with Crippen LogP contribution in [0.4, 0.5) is 0 Å². The van der Waals surface area contributed by atoms with Crippen molar-refractivity contribution < 1.29 is 0 Å². The molecule has 1 fully saturated rings. The van der Waals surface area contributed by atoms with Gasteiger partial charge in [0.1, 0.15) is 3.70 Å². The highest BCUT2D eigenvalue weighted by atomic mass is 127. The fraction of sp³-hybridized carbons (Fsp3) is 0.545. The molecule has 0 aromatic carbocycles. The third kappa shape index (κ3) is 2.67. The molecule has 0 bridgehead atoms. The maximum absolute atomic E-state index is 4.32. The van der Waals surface area contributed by atoms with Crippen molar-refractivity contribution >= 4 is 22.6 Å². The van der Waals surface area contributed by atoms with Gasteiger partial charge in [-0.15, -0.1) is 5.10 Å². The lowest BCUT2D eigenvalue weighted by Crippen LogP contribution is -1.99. The summed E-state index contributed by atoms with van der Waals surface area (Å²) in [6.45, 7) is 1.02. The monoisotopic (exact) mass is 343 g/mol. The topological polar surface area (TPSA) is 48.5 Å². The first-order valence-corrected chi connectivity index (χ1v) is 6.85. The second-order valence-electron chi connectivity index (χ2n) is 4.67. The minimum atomic E-state index is 0.816. The van der Waals surface area contributed by atoms with Gasteiger partial charge < -0.3 is 0 Å². The van der Waals surface area contributed by atoms with E-state index in [1.165, 1.54) is 18.4 Å². The second kappa shape index (κ2) is 4.40. The van der Waals surface area contributed by atoms with E-state index in [0.717, 1.165) is 28.3 Å². The number of hydrogen-bond donors (Lipinski definition) is 0. The molecule has 2 aromatic rings. The van der Waals surface area contributed by atoms with Crippen molar-refractivity contribution in [2.24, 2.45) is 13.0 Å². The number of nitrogens with zero attached hydrogens (tertiary/aromatic N) is 5. The molecule has 6 heteroatoms. The van der Waals surface area contributed by atoms with Gasteiger partial charge in [-0.2, -0.15) is 5.10 Å². The van der Waals surface area contributed by atoms with Crippen LogP contribution in [0.5, 0.6) is 0 Å². The van der Waals surface area contributed by atoms with Gasteiger partial charge in [0.05, 0.1) is 5.69 Å². The van der Waals surface area contributed by atoms with Gasteiger partial charge in [0.25, 0.3) is 0 Å². The van der Waals surface area contributed by atoms with Crippen LogP contribution in [0.15, 0.2) is 12.4 Å². The van der Waals surface area contributed by atoms with Crippen molar-refractivity contribution in [1.29, 1.82) is 0 Å². The molecule has 1 aliphatic carbocycles. The van der Waals surface area contributed by atoms with E-state index < -0.39 is 0 Å². The van der Waals surface area contributed by atoms with Gasteiger partial charge in [-0.1, -0.05) is 5.21 Å². The fourth-order valence-electron chi connectivity index (χ4n) is 1.90. The summed E-state index contributed by atoms with van der Waals surface area (Å²) >= 11 is 2.26. The van der Waals surface area contributed by atoms with Crippen molar-refractivity contribution in [2.45, 2.75) is 25.8 Å². The first-order valence-electron chi connectivity index (χ1n) is 5.78. The lowest BCUT2D eigenvalue weighted by atomic mass is 10.2. The number of hydrogen-bond acceptors (Lipinski definition) is 3. The summed E-state index contributed by atoms with van der Waals surface area (Å²) < 4.78 is 4.85. The summed E-state index contributed by atoms with van der Waals surface area (Å²) in [6.07, 6.45) is 7.60. The van der Waals surface area contributed by atoms with E-state index in [4.69, 9.17) is 0 Å². The lowest BCUT2D eigenvalue weighted by Gasteiger charge is -1.95. The SMILES string of the molecule is Cn1cc(Cc2cn(CC3CC3)nn2)c(I)n1. The predicted octanol–water partition coefficient (Wildman–Crippen LogP) is 1.62. The summed E-state index contributed by atoms with van der Waals surface area (Å²) in [5.74, 6) is 0.836. The fourth-order valence-corrected chi connectivity index (χ4v) is 2.57. The zero-order valence-corrected chi connectivity index (χ0v) is 11.8. The van der Waals surface area contributed by atoms with E-state index in [9.17, 15) is 0 Å². The molecular weight excluding hydrogens is 329 g/mol. The summed E-state index contributed by atoms with van der Waals surface area (Å²) in [6, 6.07) is 0. The first kappa shape index (κ1) is 11.2. The summed E-state index contributed by atoms with van der Waals surface area (Å²) in [5.41, 5.74) is 2.24. The molecule has 1 saturated carbocycles. The Bertz CT molecular complexity index is 526. The van der Waals surface area contributed by atoms with Crippen LogP contribution in [-0.2, 0) is 20.0 Å². The number of rotatable bonds is 4. The molecule has 0 radical (unpaired) electrons. The van der Waals surface area contributed by atoms with Crippen LogP contribution in [0.3, 0.4) is 0 Å². The highest BCUT2D eigenvalue weighted by molar-refractivity contribution is 14.1. The van der Waals surface area contributed by atoms with Crippen LogP contribution >= 0.6 is 22.6 Å². The second-order valence-corrected chi connectivity index (χ2v) is 5.69. The smallest absolute Gasteiger partial charge is 0.126 e.